The van der Waals surface area contributed by atoms with Crippen molar-refractivity contribution in [2.24, 2.45) is 11.7 Å². The third kappa shape index (κ3) is 3.79. The maximum Gasteiger partial charge on any atom is 0.0960 e. The lowest BCUT2D eigenvalue weighted by Gasteiger charge is -2.14. The molecule has 0 fully saturated rings. The quantitative estimate of drug-likeness (QED) is 0.750. The summed E-state index contributed by atoms with van der Waals surface area (Å²) in [4.78, 5) is 4.22. The fourth-order valence-corrected chi connectivity index (χ4v) is 1.86. The van der Waals surface area contributed by atoms with Crippen LogP contribution in [0.15, 0.2) is 29.4 Å². The first-order chi connectivity index (χ1) is 6.20. The van der Waals surface area contributed by atoms with Crippen LogP contribution in [-0.2, 0) is 0 Å². The molecule has 0 radical (unpaired) electrons. The van der Waals surface area contributed by atoms with Gasteiger partial charge in [-0.25, -0.2) is 4.98 Å². The van der Waals surface area contributed by atoms with E-state index in [1.807, 2.05) is 24.4 Å². The van der Waals surface area contributed by atoms with E-state index in [9.17, 15) is 0 Å². The molecule has 0 aliphatic carbocycles. The Kier molecular flexibility index (Phi) is 4.25. The van der Waals surface area contributed by atoms with Crippen molar-refractivity contribution in [3.8, 4) is 0 Å². The van der Waals surface area contributed by atoms with Crippen LogP contribution in [0, 0.1) is 5.92 Å². The summed E-state index contributed by atoms with van der Waals surface area (Å²) in [6.45, 7) is 4.29. The van der Waals surface area contributed by atoms with Gasteiger partial charge in [0.2, 0.25) is 0 Å². The maximum absolute atomic E-state index is 5.92. The van der Waals surface area contributed by atoms with Crippen LogP contribution in [-0.4, -0.2) is 16.8 Å². The van der Waals surface area contributed by atoms with Crippen molar-refractivity contribution < 1.29 is 0 Å². The van der Waals surface area contributed by atoms with E-state index in [4.69, 9.17) is 5.73 Å². The first-order valence-corrected chi connectivity index (χ1v) is 5.48. The molecular formula is C10H16N2S. The van der Waals surface area contributed by atoms with Gasteiger partial charge in [-0.15, -0.1) is 11.8 Å². The lowest BCUT2D eigenvalue weighted by molar-refractivity contribution is 0.535. The number of nitrogens with two attached hydrogens (primary N) is 1. The minimum atomic E-state index is 0.256. The minimum absolute atomic E-state index is 0.256. The lowest BCUT2D eigenvalue weighted by Crippen LogP contribution is -2.28. The molecule has 1 aromatic rings. The normalized spacial score (nSPS) is 13.2. The first-order valence-electron chi connectivity index (χ1n) is 4.49. The lowest BCUT2D eigenvalue weighted by atomic mass is 10.1. The third-order valence-corrected chi connectivity index (χ3v) is 3.01. The molecule has 0 spiro atoms. The van der Waals surface area contributed by atoms with Crippen LogP contribution in [0.5, 0.6) is 0 Å². The number of nitrogens with zero attached hydrogens (tertiary/aromatic N) is 1. The second-order valence-corrected chi connectivity index (χ2v) is 4.43. The van der Waals surface area contributed by atoms with Gasteiger partial charge in [0.1, 0.15) is 0 Å². The zero-order chi connectivity index (χ0) is 9.68. The maximum atomic E-state index is 5.92. The summed E-state index contributed by atoms with van der Waals surface area (Å²) in [5.74, 6) is 1.48. The van der Waals surface area contributed by atoms with Gasteiger partial charge in [0.15, 0.2) is 0 Å². The molecule has 72 valence electrons. The molecule has 13 heavy (non-hydrogen) atoms. The number of hydrogen-bond donors (Lipinski definition) is 1. The Bertz CT molecular complexity index is 236. The third-order valence-electron chi connectivity index (χ3n) is 1.92. The molecule has 0 aliphatic rings. The standard InChI is InChI=1S/C10H16N2S/c1-8(2)9(11)7-13-10-5-3-4-6-12-10/h3-6,8-9H,7,11H2,1-2H3. The predicted octanol–water partition coefficient (Wildman–Crippen LogP) is 2.16. The van der Waals surface area contributed by atoms with Crippen molar-refractivity contribution in [2.45, 2.75) is 24.9 Å². The SMILES string of the molecule is CC(C)C(N)CSc1ccccn1. The zero-order valence-electron chi connectivity index (χ0n) is 8.10. The highest BCUT2D eigenvalue weighted by molar-refractivity contribution is 7.99. The molecule has 0 bridgehead atoms. The summed E-state index contributed by atoms with van der Waals surface area (Å²) >= 11 is 1.72. The van der Waals surface area contributed by atoms with Crippen LogP contribution in [0.25, 0.3) is 0 Å². The van der Waals surface area contributed by atoms with Gasteiger partial charge in [0, 0.05) is 18.0 Å². The monoisotopic (exact) mass is 196 g/mol. The topological polar surface area (TPSA) is 38.9 Å². The summed E-state index contributed by atoms with van der Waals surface area (Å²) in [5.41, 5.74) is 5.92. The van der Waals surface area contributed by atoms with Gasteiger partial charge in [-0.3, -0.25) is 0 Å². The van der Waals surface area contributed by atoms with Gasteiger partial charge < -0.3 is 5.73 Å². The predicted molar refractivity (Wildman–Crippen MR) is 57.8 cm³/mol. The van der Waals surface area contributed by atoms with E-state index in [0.717, 1.165) is 10.8 Å². The summed E-state index contributed by atoms with van der Waals surface area (Å²) in [6.07, 6.45) is 1.81. The molecule has 0 aromatic carbocycles. The van der Waals surface area contributed by atoms with Crippen molar-refractivity contribution in [3.63, 3.8) is 0 Å². The Hall–Kier alpha value is -0.540. The molecule has 0 saturated heterocycles. The van der Waals surface area contributed by atoms with E-state index in [0.29, 0.717) is 5.92 Å². The first kappa shape index (κ1) is 10.5. The molecule has 1 unspecified atom stereocenters. The van der Waals surface area contributed by atoms with Crippen LogP contribution in [0.3, 0.4) is 0 Å². The van der Waals surface area contributed by atoms with Crippen LogP contribution < -0.4 is 5.73 Å². The van der Waals surface area contributed by atoms with Crippen molar-refractivity contribution in [1.82, 2.24) is 4.98 Å². The minimum Gasteiger partial charge on any atom is -0.327 e. The van der Waals surface area contributed by atoms with E-state index in [2.05, 4.69) is 18.8 Å². The Balaban J connectivity index is 2.35. The van der Waals surface area contributed by atoms with Crippen molar-refractivity contribution in [1.29, 1.82) is 0 Å². The van der Waals surface area contributed by atoms with Gasteiger partial charge in [-0.2, -0.15) is 0 Å². The Morgan fingerprint density at radius 1 is 1.46 bits per heavy atom. The van der Waals surface area contributed by atoms with Gasteiger partial charge in [0.25, 0.3) is 0 Å². The fraction of sp³-hybridized carbons (Fsp3) is 0.500. The zero-order valence-corrected chi connectivity index (χ0v) is 8.92. The van der Waals surface area contributed by atoms with Crippen LogP contribution in [0.4, 0.5) is 0 Å². The highest BCUT2D eigenvalue weighted by Gasteiger charge is 2.07. The highest BCUT2D eigenvalue weighted by Crippen LogP contribution is 2.16. The Morgan fingerprint density at radius 2 is 2.23 bits per heavy atom. The summed E-state index contributed by atoms with van der Waals surface area (Å²) in [6, 6.07) is 6.19. The fourth-order valence-electron chi connectivity index (χ4n) is 0.807. The van der Waals surface area contributed by atoms with Crippen LogP contribution in [0.2, 0.25) is 0 Å². The summed E-state index contributed by atoms with van der Waals surface area (Å²) < 4.78 is 0. The van der Waals surface area contributed by atoms with Crippen LogP contribution >= 0.6 is 11.8 Å². The number of aromatic nitrogens is 1. The van der Waals surface area contributed by atoms with Crippen LogP contribution in [0.1, 0.15) is 13.8 Å². The average Bonchev–Trinajstić information content (AvgIpc) is 2.15. The molecule has 1 rings (SSSR count). The average molecular weight is 196 g/mol. The van der Waals surface area contributed by atoms with Crippen molar-refractivity contribution >= 4 is 11.8 Å². The number of hydrogen-bond acceptors (Lipinski definition) is 3. The largest absolute Gasteiger partial charge is 0.327 e. The van der Waals surface area contributed by atoms with Gasteiger partial charge in [0.05, 0.1) is 5.03 Å². The molecule has 1 atom stereocenters. The molecule has 2 N–H and O–H groups in total. The van der Waals surface area contributed by atoms with Gasteiger partial charge in [-0.05, 0) is 18.1 Å². The highest BCUT2D eigenvalue weighted by atomic mass is 32.2. The van der Waals surface area contributed by atoms with Crippen molar-refractivity contribution in [2.75, 3.05) is 5.75 Å². The Morgan fingerprint density at radius 3 is 2.77 bits per heavy atom. The molecule has 1 heterocycles. The number of rotatable bonds is 4. The number of pyridine rings is 1. The van der Waals surface area contributed by atoms with Gasteiger partial charge >= 0.3 is 0 Å². The second kappa shape index (κ2) is 5.25. The molecule has 1 aromatic heterocycles. The van der Waals surface area contributed by atoms with Gasteiger partial charge in [-0.1, -0.05) is 19.9 Å². The summed E-state index contributed by atoms with van der Waals surface area (Å²) in [7, 11) is 0. The summed E-state index contributed by atoms with van der Waals surface area (Å²) in [5, 5.41) is 1.05. The molecular weight excluding hydrogens is 180 g/mol. The van der Waals surface area contributed by atoms with E-state index in [-0.39, 0.29) is 6.04 Å². The van der Waals surface area contributed by atoms with E-state index < -0.39 is 0 Å². The molecule has 2 nitrogen and oxygen atoms in total. The van der Waals surface area contributed by atoms with Crippen molar-refractivity contribution in [3.05, 3.63) is 24.4 Å². The molecule has 3 heteroatoms. The molecule has 0 saturated carbocycles. The van der Waals surface area contributed by atoms with E-state index >= 15 is 0 Å². The molecule has 0 aliphatic heterocycles. The second-order valence-electron chi connectivity index (χ2n) is 3.39. The van der Waals surface area contributed by atoms with E-state index in [1.165, 1.54) is 0 Å². The number of thioether (sulfide) groups is 1. The Labute approximate surface area is 83.9 Å². The molecule has 0 amide bonds. The smallest absolute Gasteiger partial charge is 0.0960 e. The van der Waals surface area contributed by atoms with E-state index in [1.54, 1.807) is 11.8 Å².